The Morgan fingerprint density at radius 3 is 2.69 bits per heavy atom. The molecule has 0 atom stereocenters. The summed E-state index contributed by atoms with van der Waals surface area (Å²) < 4.78 is 26.2. The van der Waals surface area contributed by atoms with E-state index >= 15 is 0 Å². The first-order valence-electron chi connectivity index (χ1n) is 4.58. The van der Waals surface area contributed by atoms with E-state index in [9.17, 15) is 13.6 Å². The second-order valence-corrected chi connectivity index (χ2v) is 3.18. The van der Waals surface area contributed by atoms with Crippen LogP contribution in [-0.2, 0) is 0 Å². The van der Waals surface area contributed by atoms with Gasteiger partial charge in [0.15, 0.2) is 6.29 Å². The Hall–Kier alpha value is -2.10. The van der Waals surface area contributed by atoms with E-state index in [1.54, 1.807) is 6.07 Å². The van der Waals surface area contributed by atoms with Crippen molar-refractivity contribution in [3.05, 3.63) is 53.7 Å². The minimum Gasteiger partial charge on any atom is -0.298 e. The number of hydrogen-bond donors (Lipinski definition) is 0. The molecular formula is C12H7F2NO. The second kappa shape index (κ2) is 4.18. The smallest absolute Gasteiger partial charge is 0.152 e. The maximum absolute atomic E-state index is 13.5. The number of aromatic nitrogens is 1. The molecule has 0 unspecified atom stereocenters. The highest BCUT2D eigenvalue weighted by atomic mass is 19.1. The van der Waals surface area contributed by atoms with Gasteiger partial charge in [-0.3, -0.25) is 9.78 Å². The van der Waals surface area contributed by atoms with E-state index in [1.165, 1.54) is 18.3 Å². The molecule has 80 valence electrons. The van der Waals surface area contributed by atoms with Crippen LogP contribution in [0.25, 0.3) is 11.3 Å². The van der Waals surface area contributed by atoms with Crippen molar-refractivity contribution in [3.8, 4) is 11.3 Å². The predicted octanol–water partition coefficient (Wildman–Crippen LogP) is 2.84. The Morgan fingerprint density at radius 1 is 1.19 bits per heavy atom. The van der Waals surface area contributed by atoms with Gasteiger partial charge in [-0.15, -0.1) is 0 Å². The molecule has 2 nitrogen and oxygen atoms in total. The zero-order valence-electron chi connectivity index (χ0n) is 8.15. The molecule has 1 aromatic heterocycles. The van der Waals surface area contributed by atoms with Crippen LogP contribution in [0.2, 0.25) is 0 Å². The van der Waals surface area contributed by atoms with E-state index < -0.39 is 11.6 Å². The van der Waals surface area contributed by atoms with Gasteiger partial charge >= 0.3 is 0 Å². The summed E-state index contributed by atoms with van der Waals surface area (Å²) in [5, 5.41) is 0. The summed E-state index contributed by atoms with van der Waals surface area (Å²) in [7, 11) is 0. The van der Waals surface area contributed by atoms with Crippen LogP contribution in [-0.4, -0.2) is 11.3 Å². The highest BCUT2D eigenvalue weighted by Crippen LogP contribution is 2.23. The van der Waals surface area contributed by atoms with Gasteiger partial charge in [0.1, 0.15) is 11.6 Å². The van der Waals surface area contributed by atoms with Crippen LogP contribution in [0.15, 0.2) is 36.5 Å². The highest BCUT2D eigenvalue weighted by Gasteiger charge is 2.11. The van der Waals surface area contributed by atoms with E-state index in [2.05, 4.69) is 4.98 Å². The molecule has 0 saturated heterocycles. The molecule has 0 radical (unpaired) electrons. The molecule has 0 fully saturated rings. The van der Waals surface area contributed by atoms with Gasteiger partial charge in [0.05, 0.1) is 5.69 Å². The number of carbonyl (C=O) groups excluding carboxylic acids is 1. The lowest BCUT2D eigenvalue weighted by Gasteiger charge is -2.04. The van der Waals surface area contributed by atoms with Crippen LogP contribution in [0.5, 0.6) is 0 Å². The van der Waals surface area contributed by atoms with E-state index in [0.29, 0.717) is 6.29 Å². The maximum Gasteiger partial charge on any atom is 0.152 e. The summed E-state index contributed by atoms with van der Waals surface area (Å²) in [6, 6.07) is 6.26. The molecule has 16 heavy (non-hydrogen) atoms. The minimum absolute atomic E-state index is 0.115. The van der Waals surface area contributed by atoms with Gasteiger partial charge in [0.25, 0.3) is 0 Å². The first-order chi connectivity index (χ1) is 7.72. The number of benzene rings is 1. The molecular weight excluding hydrogens is 212 g/mol. The third kappa shape index (κ3) is 1.82. The Balaban J connectivity index is 2.62. The lowest BCUT2D eigenvalue weighted by molar-refractivity contribution is 0.112. The first kappa shape index (κ1) is 10.4. The molecule has 0 aliphatic heterocycles. The third-order valence-corrected chi connectivity index (χ3v) is 2.15. The molecule has 1 aromatic carbocycles. The van der Waals surface area contributed by atoms with Crippen LogP contribution >= 0.6 is 0 Å². The number of aldehydes is 1. The van der Waals surface area contributed by atoms with Crippen molar-refractivity contribution in [2.24, 2.45) is 0 Å². The number of pyridine rings is 1. The summed E-state index contributed by atoms with van der Waals surface area (Å²) in [6.07, 6.45) is 2.04. The lowest BCUT2D eigenvalue weighted by Crippen LogP contribution is -1.94. The summed E-state index contributed by atoms with van der Waals surface area (Å²) in [6.45, 7) is 0. The molecule has 0 saturated carbocycles. The van der Waals surface area contributed by atoms with E-state index in [0.717, 1.165) is 12.1 Å². The van der Waals surface area contributed by atoms with Gasteiger partial charge in [0.2, 0.25) is 0 Å². The SMILES string of the molecule is O=Cc1cccnc1-c1ccc(F)cc1F. The fourth-order valence-corrected chi connectivity index (χ4v) is 1.42. The van der Waals surface area contributed by atoms with Gasteiger partial charge in [-0.05, 0) is 24.3 Å². The molecule has 0 spiro atoms. The van der Waals surface area contributed by atoms with Crippen molar-refractivity contribution in [1.29, 1.82) is 0 Å². The molecule has 2 aromatic rings. The van der Waals surface area contributed by atoms with E-state index in [4.69, 9.17) is 0 Å². The summed E-state index contributed by atoms with van der Waals surface area (Å²) in [4.78, 5) is 14.7. The van der Waals surface area contributed by atoms with Crippen LogP contribution in [0.1, 0.15) is 10.4 Å². The largest absolute Gasteiger partial charge is 0.298 e. The zero-order valence-corrected chi connectivity index (χ0v) is 8.15. The third-order valence-electron chi connectivity index (χ3n) is 2.15. The quantitative estimate of drug-likeness (QED) is 0.727. The molecule has 4 heteroatoms. The Bertz CT molecular complexity index is 540. The van der Waals surface area contributed by atoms with Gasteiger partial charge < -0.3 is 0 Å². The van der Waals surface area contributed by atoms with Gasteiger partial charge in [-0.25, -0.2) is 8.78 Å². The highest BCUT2D eigenvalue weighted by molar-refractivity contribution is 5.85. The fraction of sp³-hybridized carbons (Fsp3) is 0. The van der Waals surface area contributed by atoms with E-state index in [-0.39, 0.29) is 16.8 Å². The number of hydrogen-bond acceptors (Lipinski definition) is 2. The first-order valence-corrected chi connectivity index (χ1v) is 4.58. The number of halogens is 2. The van der Waals surface area contributed by atoms with Gasteiger partial charge in [0, 0.05) is 23.4 Å². The summed E-state index contributed by atoms with van der Waals surface area (Å²) in [5.74, 6) is -1.40. The summed E-state index contributed by atoms with van der Waals surface area (Å²) in [5.41, 5.74) is 0.604. The van der Waals surface area contributed by atoms with Gasteiger partial charge in [-0.1, -0.05) is 0 Å². The summed E-state index contributed by atoms with van der Waals surface area (Å²) >= 11 is 0. The molecule has 0 amide bonds. The molecule has 0 N–H and O–H groups in total. The minimum atomic E-state index is -0.734. The lowest BCUT2D eigenvalue weighted by atomic mass is 10.1. The standard InChI is InChI=1S/C12H7F2NO/c13-9-3-4-10(11(14)6-9)12-8(7-16)2-1-5-15-12/h1-7H. The van der Waals surface area contributed by atoms with Crippen LogP contribution in [0.4, 0.5) is 8.78 Å². The molecule has 0 aliphatic rings. The van der Waals surface area contributed by atoms with Crippen molar-refractivity contribution in [3.63, 3.8) is 0 Å². The van der Waals surface area contributed by atoms with Crippen molar-refractivity contribution in [2.75, 3.05) is 0 Å². The Labute approximate surface area is 90.6 Å². The monoisotopic (exact) mass is 219 g/mol. The van der Waals surface area contributed by atoms with Crippen molar-refractivity contribution < 1.29 is 13.6 Å². The van der Waals surface area contributed by atoms with Crippen molar-refractivity contribution in [2.45, 2.75) is 0 Å². The second-order valence-electron chi connectivity index (χ2n) is 3.18. The zero-order chi connectivity index (χ0) is 11.5. The average molecular weight is 219 g/mol. The molecule has 2 rings (SSSR count). The predicted molar refractivity (Wildman–Crippen MR) is 55.0 cm³/mol. The Kier molecular flexibility index (Phi) is 2.72. The average Bonchev–Trinajstić information content (AvgIpc) is 2.29. The molecule has 0 aliphatic carbocycles. The van der Waals surface area contributed by atoms with Crippen molar-refractivity contribution in [1.82, 2.24) is 4.98 Å². The number of nitrogens with zero attached hydrogens (tertiary/aromatic N) is 1. The Morgan fingerprint density at radius 2 is 2.00 bits per heavy atom. The van der Waals surface area contributed by atoms with Crippen LogP contribution in [0.3, 0.4) is 0 Å². The normalized spacial score (nSPS) is 10.1. The topological polar surface area (TPSA) is 30.0 Å². The molecule has 0 bridgehead atoms. The van der Waals surface area contributed by atoms with Gasteiger partial charge in [-0.2, -0.15) is 0 Å². The van der Waals surface area contributed by atoms with Crippen LogP contribution < -0.4 is 0 Å². The van der Waals surface area contributed by atoms with Crippen LogP contribution in [0, 0.1) is 11.6 Å². The van der Waals surface area contributed by atoms with E-state index in [1.807, 2.05) is 0 Å². The number of rotatable bonds is 2. The molecule has 1 heterocycles. The van der Waals surface area contributed by atoms with Crippen molar-refractivity contribution >= 4 is 6.29 Å². The number of carbonyl (C=O) groups is 1. The maximum atomic E-state index is 13.5. The fourth-order valence-electron chi connectivity index (χ4n) is 1.42.